The Morgan fingerprint density at radius 2 is 1.77 bits per heavy atom. The predicted octanol–water partition coefficient (Wildman–Crippen LogP) is 1.52. The van der Waals surface area contributed by atoms with Gasteiger partial charge in [0.05, 0.1) is 23.6 Å². The van der Waals surface area contributed by atoms with Crippen molar-refractivity contribution in [3.05, 3.63) is 30.1 Å². The van der Waals surface area contributed by atoms with Gasteiger partial charge in [-0.15, -0.1) is 12.4 Å². The molecule has 10 heteroatoms. The van der Waals surface area contributed by atoms with E-state index < -0.39 is 15.6 Å². The van der Waals surface area contributed by atoms with Crippen LogP contribution in [0.3, 0.4) is 0 Å². The molecule has 8 nitrogen and oxygen atoms in total. The minimum atomic E-state index is -3.51. The van der Waals surface area contributed by atoms with E-state index in [9.17, 15) is 8.42 Å². The molecule has 0 radical (unpaired) electrons. The molecule has 2 N–H and O–H groups in total. The van der Waals surface area contributed by atoms with Crippen LogP contribution >= 0.6 is 12.4 Å². The van der Waals surface area contributed by atoms with Gasteiger partial charge in [-0.25, -0.2) is 8.42 Å². The van der Waals surface area contributed by atoms with Crippen LogP contribution in [0.1, 0.15) is 25.1 Å². The van der Waals surface area contributed by atoms with Crippen molar-refractivity contribution < 1.29 is 17.7 Å². The maximum atomic E-state index is 12.6. The topological polar surface area (TPSA) is 112 Å². The summed E-state index contributed by atoms with van der Waals surface area (Å²) in [5, 5.41) is 3.98. The zero-order chi connectivity index (χ0) is 17.5. The van der Waals surface area contributed by atoms with Gasteiger partial charge in [-0.05, 0) is 43.5 Å². The summed E-state index contributed by atoms with van der Waals surface area (Å²) in [6.45, 7) is 1.58. The molecule has 0 atom stereocenters. The third-order valence-corrected chi connectivity index (χ3v) is 6.74. The summed E-state index contributed by atoms with van der Waals surface area (Å²) in [4.78, 5) is 4.62. The van der Waals surface area contributed by atoms with E-state index in [1.165, 1.54) is 4.31 Å². The first-order valence-corrected chi connectivity index (χ1v) is 9.74. The second kappa shape index (κ2) is 7.24. The van der Waals surface area contributed by atoms with Crippen molar-refractivity contribution in [3.8, 4) is 11.5 Å². The third-order valence-electron chi connectivity index (χ3n) is 4.83. The lowest BCUT2D eigenvalue weighted by Crippen LogP contribution is -2.44. The van der Waals surface area contributed by atoms with Gasteiger partial charge < -0.3 is 15.0 Å². The lowest BCUT2D eigenvalue weighted by atomic mass is 9.77. The van der Waals surface area contributed by atoms with E-state index in [0.717, 1.165) is 19.3 Å². The Kier molecular flexibility index (Phi) is 5.36. The highest BCUT2D eigenvalue weighted by Gasteiger charge is 2.39. The predicted molar refractivity (Wildman–Crippen MR) is 96.3 cm³/mol. The average molecular weight is 401 g/mol. The molecule has 1 aromatic carbocycles. The Bertz CT molecular complexity index is 859. The van der Waals surface area contributed by atoms with Crippen molar-refractivity contribution >= 4 is 22.4 Å². The summed E-state index contributed by atoms with van der Waals surface area (Å²) in [5.41, 5.74) is 6.38. The van der Waals surface area contributed by atoms with Crippen molar-refractivity contribution in [1.82, 2.24) is 14.4 Å². The molecule has 1 saturated heterocycles. The van der Waals surface area contributed by atoms with Crippen LogP contribution in [-0.2, 0) is 20.3 Å². The summed E-state index contributed by atoms with van der Waals surface area (Å²) in [6.07, 6.45) is 2.76. The summed E-state index contributed by atoms with van der Waals surface area (Å²) in [5.74, 6) is 0.862. The fraction of sp³-hybridized carbons (Fsp3) is 0.500. The number of ether oxygens (including phenoxy) is 1. The number of rotatable bonds is 4. The van der Waals surface area contributed by atoms with Crippen LogP contribution in [-0.4, -0.2) is 49.2 Å². The number of hydrogen-bond donors (Lipinski definition) is 1. The van der Waals surface area contributed by atoms with E-state index in [0.29, 0.717) is 43.6 Å². The summed E-state index contributed by atoms with van der Waals surface area (Å²) in [6, 6.07) is 6.47. The van der Waals surface area contributed by atoms with Gasteiger partial charge in [0.1, 0.15) is 0 Å². The Balaban J connectivity index is 0.00000196. The summed E-state index contributed by atoms with van der Waals surface area (Å²) >= 11 is 0. The van der Waals surface area contributed by atoms with Crippen LogP contribution in [0.15, 0.2) is 33.7 Å². The molecule has 0 spiro atoms. The summed E-state index contributed by atoms with van der Waals surface area (Å²) < 4.78 is 37.2. The highest BCUT2D eigenvalue weighted by atomic mass is 35.5. The number of nitrogens with zero attached hydrogens (tertiary/aromatic N) is 3. The second-order valence-corrected chi connectivity index (χ2v) is 8.41. The van der Waals surface area contributed by atoms with Crippen LogP contribution in [0.2, 0.25) is 0 Å². The molecule has 2 aliphatic rings. The molecule has 0 bridgehead atoms. The molecule has 2 aromatic rings. The molecule has 1 saturated carbocycles. The Labute approximate surface area is 158 Å². The molecule has 2 fully saturated rings. The van der Waals surface area contributed by atoms with Crippen LogP contribution in [0, 0.1) is 0 Å². The highest BCUT2D eigenvalue weighted by molar-refractivity contribution is 7.89. The molecule has 1 aliphatic heterocycles. The van der Waals surface area contributed by atoms with Crippen molar-refractivity contribution in [1.29, 1.82) is 0 Å². The van der Waals surface area contributed by atoms with Gasteiger partial charge in [0, 0.05) is 18.7 Å². The standard InChI is InChI=1S/C16H20N4O4S.ClH/c17-16(6-1-7-16)15-18-14(24-19-15)12-2-4-13(5-3-12)25(21,22)20-8-10-23-11-9-20;/h2-5H,1,6-11,17H2;1H. The molecule has 2 heterocycles. The molecular formula is C16H21ClN4O4S. The largest absolute Gasteiger partial charge is 0.379 e. The monoisotopic (exact) mass is 400 g/mol. The minimum absolute atomic E-state index is 0. The van der Waals surface area contributed by atoms with E-state index in [1.807, 2.05) is 0 Å². The number of halogens is 1. The van der Waals surface area contributed by atoms with Crippen molar-refractivity contribution in [2.45, 2.75) is 29.7 Å². The van der Waals surface area contributed by atoms with Crippen molar-refractivity contribution in [2.75, 3.05) is 26.3 Å². The summed E-state index contributed by atoms with van der Waals surface area (Å²) in [7, 11) is -3.51. The van der Waals surface area contributed by atoms with Gasteiger partial charge in [0.25, 0.3) is 5.89 Å². The number of hydrogen-bond acceptors (Lipinski definition) is 7. The van der Waals surface area contributed by atoms with Crippen molar-refractivity contribution in [3.63, 3.8) is 0 Å². The highest BCUT2D eigenvalue weighted by Crippen LogP contribution is 2.37. The van der Waals surface area contributed by atoms with Gasteiger partial charge in [-0.2, -0.15) is 9.29 Å². The molecule has 142 valence electrons. The second-order valence-electron chi connectivity index (χ2n) is 6.47. The third kappa shape index (κ3) is 3.37. The molecule has 1 aliphatic carbocycles. The lowest BCUT2D eigenvalue weighted by Gasteiger charge is -2.34. The Morgan fingerprint density at radius 3 is 2.35 bits per heavy atom. The molecule has 4 rings (SSSR count). The quantitative estimate of drug-likeness (QED) is 0.827. The van der Waals surface area contributed by atoms with Crippen LogP contribution in [0.25, 0.3) is 11.5 Å². The Hall–Kier alpha value is -1.52. The first-order valence-electron chi connectivity index (χ1n) is 8.30. The lowest BCUT2D eigenvalue weighted by molar-refractivity contribution is 0.0730. The maximum absolute atomic E-state index is 12.6. The maximum Gasteiger partial charge on any atom is 0.257 e. The van der Waals surface area contributed by atoms with Crippen LogP contribution in [0.5, 0.6) is 0 Å². The van der Waals surface area contributed by atoms with Crippen molar-refractivity contribution in [2.24, 2.45) is 5.73 Å². The molecular weight excluding hydrogens is 380 g/mol. The normalized spacial score (nSPS) is 20.2. The first-order chi connectivity index (χ1) is 12.0. The van der Waals surface area contributed by atoms with Crippen LogP contribution in [0.4, 0.5) is 0 Å². The average Bonchev–Trinajstić information content (AvgIpc) is 3.11. The molecule has 0 unspecified atom stereocenters. The minimum Gasteiger partial charge on any atom is -0.379 e. The first kappa shape index (κ1) is 19.2. The number of aromatic nitrogens is 2. The molecule has 0 amide bonds. The fourth-order valence-corrected chi connectivity index (χ4v) is 4.44. The van der Waals surface area contributed by atoms with E-state index >= 15 is 0 Å². The zero-order valence-corrected chi connectivity index (χ0v) is 15.8. The number of morpholine rings is 1. The van der Waals surface area contributed by atoms with E-state index in [4.69, 9.17) is 15.0 Å². The van der Waals surface area contributed by atoms with Gasteiger partial charge in [0.2, 0.25) is 10.0 Å². The van der Waals surface area contributed by atoms with Gasteiger partial charge in [0.15, 0.2) is 5.82 Å². The van der Waals surface area contributed by atoms with Gasteiger partial charge in [-0.1, -0.05) is 5.16 Å². The molecule has 26 heavy (non-hydrogen) atoms. The zero-order valence-electron chi connectivity index (χ0n) is 14.1. The SMILES string of the molecule is Cl.NC1(c2noc(-c3ccc(S(=O)(=O)N4CCOCC4)cc3)n2)CCC1. The van der Waals surface area contributed by atoms with Crippen LogP contribution < -0.4 is 5.73 Å². The number of benzene rings is 1. The fourth-order valence-electron chi connectivity index (χ4n) is 3.03. The van der Waals surface area contributed by atoms with E-state index in [2.05, 4.69) is 10.1 Å². The Morgan fingerprint density at radius 1 is 1.12 bits per heavy atom. The number of sulfonamides is 1. The number of nitrogens with two attached hydrogens (primary N) is 1. The van der Waals surface area contributed by atoms with E-state index in [-0.39, 0.29) is 17.3 Å². The van der Waals surface area contributed by atoms with Gasteiger partial charge in [-0.3, -0.25) is 0 Å². The smallest absolute Gasteiger partial charge is 0.257 e. The molecule has 1 aromatic heterocycles. The van der Waals surface area contributed by atoms with Gasteiger partial charge >= 0.3 is 0 Å². The van der Waals surface area contributed by atoms with E-state index in [1.54, 1.807) is 24.3 Å².